The van der Waals surface area contributed by atoms with Crippen molar-refractivity contribution in [2.45, 2.75) is 6.54 Å². The Morgan fingerprint density at radius 3 is 2.46 bits per heavy atom. The molecule has 150 valence electrons. The highest BCUT2D eigenvalue weighted by Gasteiger charge is 2.21. The van der Waals surface area contributed by atoms with E-state index >= 15 is 0 Å². The third-order valence-corrected chi connectivity index (χ3v) is 5.16. The smallest absolute Gasteiger partial charge is 0.225 e. The fourth-order valence-corrected chi connectivity index (χ4v) is 3.81. The van der Waals surface area contributed by atoms with Crippen LogP contribution in [-0.2, 0) is 6.54 Å². The number of hydrogen-bond acceptors (Lipinski definition) is 6. The Morgan fingerprint density at radius 1 is 1.14 bits per heavy atom. The molecule has 8 nitrogen and oxygen atoms in total. The standard InChI is InChI=1S/C19H25BrN6O2/c1-21-18(24-13-14-11-15(20)17(28-3)16(12-14)27-2)25-7-9-26(10-8-25)19-22-5-4-6-23-19/h4-6,11-12H,7-10,13H2,1-3H3,(H,21,24). The molecule has 1 saturated heterocycles. The van der Waals surface area contributed by atoms with Gasteiger partial charge in [-0.2, -0.15) is 0 Å². The summed E-state index contributed by atoms with van der Waals surface area (Å²) in [6.45, 7) is 4.05. The van der Waals surface area contributed by atoms with E-state index in [4.69, 9.17) is 9.47 Å². The molecule has 0 atom stereocenters. The average molecular weight is 449 g/mol. The van der Waals surface area contributed by atoms with Gasteiger partial charge in [0, 0.05) is 52.2 Å². The van der Waals surface area contributed by atoms with E-state index in [2.05, 4.69) is 46.0 Å². The zero-order valence-electron chi connectivity index (χ0n) is 16.4. The number of rotatable bonds is 5. The predicted molar refractivity (Wildman–Crippen MR) is 113 cm³/mol. The molecule has 0 spiro atoms. The van der Waals surface area contributed by atoms with E-state index in [1.54, 1.807) is 33.7 Å². The van der Waals surface area contributed by atoms with Crippen molar-refractivity contribution in [1.29, 1.82) is 0 Å². The number of hydrogen-bond donors (Lipinski definition) is 1. The summed E-state index contributed by atoms with van der Waals surface area (Å²) < 4.78 is 11.7. The molecule has 1 N–H and O–H groups in total. The van der Waals surface area contributed by atoms with Gasteiger partial charge >= 0.3 is 0 Å². The van der Waals surface area contributed by atoms with Gasteiger partial charge in [0.1, 0.15) is 0 Å². The van der Waals surface area contributed by atoms with Crippen molar-refractivity contribution >= 4 is 27.8 Å². The second-order valence-electron chi connectivity index (χ2n) is 6.24. The first-order valence-electron chi connectivity index (χ1n) is 9.04. The summed E-state index contributed by atoms with van der Waals surface area (Å²) in [6.07, 6.45) is 3.55. The molecule has 0 unspecified atom stereocenters. The molecule has 0 radical (unpaired) electrons. The largest absolute Gasteiger partial charge is 0.493 e. The number of aliphatic imine (C=N–C) groups is 1. The molecule has 1 fully saturated rings. The van der Waals surface area contributed by atoms with Crippen molar-refractivity contribution in [3.8, 4) is 11.5 Å². The Balaban J connectivity index is 1.59. The third-order valence-electron chi connectivity index (χ3n) is 4.57. The van der Waals surface area contributed by atoms with Crippen LogP contribution in [0.3, 0.4) is 0 Å². The summed E-state index contributed by atoms with van der Waals surface area (Å²) in [7, 11) is 5.07. The Hall–Kier alpha value is -2.55. The van der Waals surface area contributed by atoms with Gasteiger partial charge in [0.05, 0.1) is 18.7 Å². The van der Waals surface area contributed by atoms with Crippen molar-refractivity contribution in [3.63, 3.8) is 0 Å². The molecule has 1 aromatic carbocycles. The minimum atomic E-state index is 0.633. The van der Waals surface area contributed by atoms with Crippen molar-refractivity contribution in [2.24, 2.45) is 4.99 Å². The molecule has 28 heavy (non-hydrogen) atoms. The van der Waals surface area contributed by atoms with Crippen LogP contribution in [0.25, 0.3) is 0 Å². The quantitative estimate of drug-likeness (QED) is 0.554. The molecule has 9 heteroatoms. The SMILES string of the molecule is CN=C(NCc1cc(Br)c(OC)c(OC)c1)N1CCN(c2ncccn2)CC1. The van der Waals surface area contributed by atoms with Gasteiger partial charge in [0.15, 0.2) is 17.5 Å². The number of anilines is 1. The maximum absolute atomic E-state index is 5.42. The monoisotopic (exact) mass is 448 g/mol. The highest BCUT2D eigenvalue weighted by atomic mass is 79.9. The molecule has 1 aliphatic heterocycles. The molecule has 2 heterocycles. The van der Waals surface area contributed by atoms with Gasteiger partial charge in [-0.05, 0) is 39.7 Å². The molecule has 3 rings (SSSR count). The molecule has 2 aromatic rings. The lowest BCUT2D eigenvalue weighted by atomic mass is 10.2. The van der Waals surface area contributed by atoms with Gasteiger partial charge in [-0.25, -0.2) is 9.97 Å². The van der Waals surface area contributed by atoms with Crippen LogP contribution >= 0.6 is 15.9 Å². The lowest BCUT2D eigenvalue weighted by molar-refractivity contribution is 0.352. The first kappa shape index (κ1) is 20.2. The lowest BCUT2D eigenvalue weighted by Gasteiger charge is -2.36. The average Bonchev–Trinajstić information content (AvgIpc) is 2.74. The number of aromatic nitrogens is 2. The third kappa shape index (κ3) is 4.64. The van der Waals surface area contributed by atoms with Crippen LogP contribution in [-0.4, -0.2) is 68.3 Å². The van der Waals surface area contributed by atoms with Crippen molar-refractivity contribution < 1.29 is 9.47 Å². The fraction of sp³-hybridized carbons (Fsp3) is 0.421. The summed E-state index contributed by atoms with van der Waals surface area (Å²) in [4.78, 5) is 17.5. The summed E-state index contributed by atoms with van der Waals surface area (Å²) >= 11 is 3.54. The molecular weight excluding hydrogens is 424 g/mol. The number of methoxy groups -OCH3 is 2. The van der Waals surface area contributed by atoms with Crippen LogP contribution < -0.4 is 19.7 Å². The first-order valence-corrected chi connectivity index (χ1v) is 9.83. The number of guanidine groups is 1. The molecule has 0 aliphatic carbocycles. The van der Waals surface area contributed by atoms with Gasteiger partial charge in [0.25, 0.3) is 0 Å². The first-order chi connectivity index (χ1) is 13.7. The number of nitrogens with one attached hydrogen (secondary N) is 1. The van der Waals surface area contributed by atoms with Crippen LogP contribution in [0.2, 0.25) is 0 Å². The predicted octanol–water partition coefficient (Wildman–Crippen LogP) is 2.15. The normalized spacial score (nSPS) is 14.8. The summed E-state index contributed by atoms with van der Waals surface area (Å²) in [6, 6.07) is 5.82. The lowest BCUT2D eigenvalue weighted by Crippen LogP contribution is -2.52. The highest BCUT2D eigenvalue weighted by molar-refractivity contribution is 9.10. The highest BCUT2D eigenvalue weighted by Crippen LogP contribution is 2.36. The van der Waals surface area contributed by atoms with Crippen molar-refractivity contribution in [3.05, 3.63) is 40.6 Å². The van der Waals surface area contributed by atoms with E-state index in [9.17, 15) is 0 Å². The Labute approximate surface area is 173 Å². The number of halogens is 1. The summed E-state index contributed by atoms with van der Waals surface area (Å²) in [5.41, 5.74) is 1.07. The topological polar surface area (TPSA) is 75.1 Å². The van der Waals surface area contributed by atoms with E-state index < -0.39 is 0 Å². The van der Waals surface area contributed by atoms with Gasteiger partial charge in [0.2, 0.25) is 5.95 Å². The van der Waals surface area contributed by atoms with Crippen LogP contribution in [0.4, 0.5) is 5.95 Å². The van der Waals surface area contributed by atoms with Gasteiger partial charge in [-0.15, -0.1) is 0 Å². The van der Waals surface area contributed by atoms with E-state index in [0.29, 0.717) is 18.0 Å². The van der Waals surface area contributed by atoms with E-state index in [-0.39, 0.29) is 0 Å². The van der Waals surface area contributed by atoms with E-state index in [0.717, 1.165) is 48.1 Å². The zero-order chi connectivity index (χ0) is 19.9. The molecule has 0 bridgehead atoms. The molecule has 0 amide bonds. The molecular formula is C19H25BrN6O2. The minimum absolute atomic E-state index is 0.633. The van der Waals surface area contributed by atoms with Gasteiger partial charge in [-0.1, -0.05) is 0 Å². The Bertz CT molecular complexity index is 810. The van der Waals surface area contributed by atoms with Crippen LogP contribution in [0.15, 0.2) is 40.1 Å². The Morgan fingerprint density at radius 2 is 1.86 bits per heavy atom. The van der Waals surface area contributed by atoms with Crippen molar-refractivity contribution in [2.75, 3.05) is 52.3 Å². The second kappa shape index (κ2) is 9.59. The summed E-state index contributed by atoms with van der Waals surface area (Å²) in [5, 5.41) is 3.43. The van der Waals surface area contributed by atoms with Gasteiger partial charge < -0.3 is 24.6 Å². The maximum atomic E-state index is 5.42. The van der Waals surface area contributed by atoms with E-state index in [1.165, 1.54) is 0 Å². The number of benzene rings is 1. The number of ether oxygens (including phenoxy) is 2. The van der Waals surface area contributed by atoms with Crippen LogP contribution in [0.5, 0.6) is 11.5 Å². The maximum Gasteiger partial charge on any atom is 0.225 e. The van der Waals surface area contributed by atoms with Crippen LogP contribution in [0, 0.1) is 0 Å². The zero-order valence-corrected chi connectivity index (χ0v) is 17.9. The molecule has 1 aromatic heterocycles. The molecule has 0 saturated carbocycles. The number of nitrogens with zero attached hydrogens (tertiary/aromatic N) is 5. The van der Waals surface area contributed by atoms with Crippen molar-refractivity contribution in [1.82, 2.24) is 20.2 Å². The fourth-order valence-electron chi connectivity index (χ4n) is 3.16. The minimum Gasteiger partial charge on any atom is -0.493 e. The second-order valence-corrected chi connectivity index (χ2v) is 7.09. The Kier molecular flexibility index (Phi) is 6.91. The van der Waals surface area contributed by atoms with Gasteiger partial charge in [-0.3, -0.25) is 4.99 Å². The van der Waals surface area contributed by atoms with Crippen LogP contribution in [0.1, 0.15) is 5.56 Å². The number of piperazine rings is 1. The molecule has 1 aliphatic rings. The van der Waals surface area contributed by atoms with E-state index in [1.807, 2.05) is 18.2 Å². The summed E-state index contributed by atoms with van der Waals surface area (Å²) in [5.74, 6) is 3.04.